The largest absolute Gasteiger partial charge is 0.508 e. The summed E-state index contributed by atoms with van der Waals surface area (Å²) >= 11 is 1.25. The van der Waals surface area contributed by atoms with Gasteiger partial charge in [0.2, 0.25) is 0 Å². The van der Waals surface area contributed by atoms with E-state index in [1.807, 2.05) is 0 Å². The molecule has 0 bridgehead atoms. The van der Waals surface area contributed by atoms with Gasteiger partial charge < -0.3 is 14.6 Å². The number of hydrogen-bond donors (Lipinski definition) is 1. The van der Waals surface area contributed by atoms with E-state index >= 15 is 0 Å². The zero-order chi connectivity index (χ0) is 21.5. The van der Waals surface area contributed by atoms with Crippen LogP contribution in [-0.4, -0.2) is 12.2 Å². The quantitative estimate of drug-likeness (QED) is 0.360. The first-order chi connectivity index (χ1) is 14.3. The third-order valence-corrected chi connectivity index (χ3v) is 5.77. The summed E-state index contributed by atoms with van der Waals surface area (Å²) < 4.78 is 54.5. The van der Waals surface area contributed by atoms with Gasteiger partial charge in [-0.2, -0.15) is 0 Å². The number of phenolic OH excluding ortho intramolecular Hbond substituents is 1. The van der Waals surface area contributed by atoms with Gasteiger partial charge in [0.15, 0.2) is 5.75 Å². The van der Waals surface area contributed by atoms with Gasteiger partial charge in [-0.1, -0.05) is 6.07 Å². The lowest BCUT2D eigenvalue weighted by molar-refractivity contribution is 0.0178. The Kier molecular flexibility index (Phi) is 5.07. The number of aromatic hydroxyl groups is 1. The van der Waals surface area contributed by atoms with Gasteiger partial charge in [-0.05, 0) is 54.6 Å². The Morgan fingerprint density at radius 1 is 0.933 bits per heavy atom. The Morgan fingerprint density at radius 3 is 2.30 bits per heavy atom. The minimum Gasteiger partial charge on any atom is -0.508 e. The molecule has 0 radical (unpaired) electrons. The van der Waals surface area contributed by atoms with Crippen LogP contribution < -0.4 is 9.47 Å². The number of halogens is 3. The summed E-state index contributed by atoms with van der Waals surface area (Å²) in [6.45, 7) is 0.738. The number of phenols is 1. The van der Waals surface area contributed by atoms with Crippen molar-refractivity contribution in [2.45, 2.75) is 12.8 Å². The Labute approximate surface area is 174 Å². The molecule has 7 heteroatoms. The van der Waals surface area contributed by atoms with Gasteiger partial charge in [0.25, 0.3) is 5.92 Å². The van der Waals surface area contributed by atoms with Crippen LogP contribution in [0.2, 0.25) is 0 Å². The van der Waals surface area contributed by atoms with Crippen molar-refractivity contribution in [2.24, 2.45) is 0 Å². The van der Waals surface area contributed by atoms with Gasteiger partial charge >= 0.3 is 0 Å². The fraction of sp³-hybridized carbons (Fsp3) is 0.130. The lowest BCUT2D eigenvalue weighted by atomic mass is 10.00. The summed E-state index contributed by atoms with van der Waals surface area (Å²) in [4.78, 5) is 0.447. The molecule has 0 saturated carbocycles. The van der Waals surface area contributed by atoms with Crippen LogP contribution in [0, 0.1) is 5.82 Å². The highest BCUT2D eigenvalue weighted by Crippen LogP contribution is 2.50. The molecule has 0 aliphatic carbocycles. The maximum absolute atomic E-state index is 14.3. The lowest BCUT2D eigenvalue weighted by Gasteiger charge is -2.16. The van der Waals surface area contributed by atoms with Crippen molar-refractivity contribution in [3.63, 3.8) is 0 Å². The van der Waals surface area contributed by atoms with Crippen LogP contribution >= 0.6 is 11.3 Å². The van der Waals surface area contributed by atoms with Gasteiger partial charge in [0.05, 0.1) is 12.0 Å². The predicted octanol–water partition coefficient (Wildman–Crippen LogP) is 7.33. The first-order valence-corrected chi connectivity index (χ1v) is 9.83. The Bertz CT molecular complexity index is 1210. The second-order valence-corrected chi connectivity index (χ2v) is 7.85. The van der Waals surface area contributed by atoms with Gasteiger partial charge in [-0.25, -0.2) is 13.2 Å². The SMILES string of the molecule is COc1ccc2c(Oc3ccc(O)cc3)c(-c3ccc(F)cc3C(C)(F)F)sc2c1. The van der Waals surface area contributed by atoms with Gasteiger partial charge in [0.1, 0.15) is 23.1 Å². The smallest absolute Gasteiger partial charge is 0.271 e. The summed E-state index contributed by atoms with van der Waals surface area (Å²) in [6, 6.07) is 14.8. The van der Waals surface area contributed by atoms with E-state index in [2.05, 4.69) is 0 Å². The molecule has 1 N–H and O–H groups in total. The van der Waals surface area contributed by atoms with Crippen molar-refractivity contribution in [3.8, 4) is 33.4 Å². The highest BCUT2D eigenvalue weighted by Gasteiger charge is 2.31. The van der Waals surface area contributed by atoms with E-state index in [4.69, 9.17) is 9.47 Å². The minimum absolute atomic E-state index is 0.0777. The molecular weight excluding hydrogens is 413 g/mol. The van der Waals surface area contributed by atoms with E-state index in [0.29, 0.717) is 27.5 Å². The second-order valence-electron chi connectivity index (χ2n) is 6.80. The molecule has 30 heavy (non-hydrogen) atoms. The number of benzene rings is 3. The predicted molar refractivity (Wildman–Crippen MR) is 112 cm³/mol. The zero-order valence-electron chi connectivity index (χ0n) is 16.1. The molecule has 1 aromatic heterocycles. The van der Waals surface area contributed by atoms with E-state index < -0.39 is 17.3 Å². The average molecular weight is 430 g/mol. The Morgan fingerprint density at radius 2 is 1.63 bits per heavy atom. The third kappa shape index (κ3) is 3.80. The molecule has 0 amide bonds. The number of hydrogen-bond acceptors (Lipinski definition) is 4. The van der Waals surface area contributed by atoms with Crippen molar-refractivity contribution in [1.29, 1.82) is 0 Å². The fourth-order valence-electron chi connectivity index (χ4n) is 3.17. The van der Waals surface area contributed by atoms with Crippen molar-refractivity contribution in [2.75, 3.05) is 7.11 Å². The van der Waals surface area contributed by atoms with Crippen LogP contribution in [0.3, 0.4) is 0 Å². The Balaban J connectivity index is 1.96. The molecule has 4 rings (SSSR count). The molecular formula is C23H17F3O3S. The molecule has 0 atom stereocenters. The number of ether oxygens (including phenoxy) is 2. The normalized spacial score (nSPS) is 11.6. The molecule has 4 aromatic rings. The van der Waals surface area contributed by atoms with Crippen molar-refractivity contribution < 1.29 is 27.8 Å². The molecule has 0 aliphatic heterocycles. The van der Waals surface area contributed by atoms with E-state index in [1.54, 1.807) is 37.4 Å². The zero-order valence-corrected chi connectivity index (χ0v) is 16.9. The number of methoxy groups -OCH3 is 1. The average Bonchev–Trinajstić information content (AvgIpc) is 3.06. The molecule has 0 fully saturated rings. The maximum atomic E-state index is 14.3. The Hall–Kier alpha value is -3.19. The van der Waals surface area contributed by atoms with E-state index in [-0.39, 0.29) is 11.3 Å². The summed E-state index contributed by atoms with van der Waals surface area (Å²) in [5.74, 6) is -2.49. The van der Waals surface area contributed by atoms with Gasteiger partial charge in [0, 0.05) is 28.1 Å². The number of fused-ring (bicyclic) bond motifs is 1. The van der Waals surface area contributed by atoms with Crippen LogP contribution in [0.15, 0.2) is 60.7 Å². The molecule has 154 valence electrons. The van der Waals surface area contributed by atoms with E-state index in [9.17, 15) is 18.3 Å². The molecule has 0 spiro atoms. The van der Waals surface area contributed by atoms with Crippen LogP contribution in [0.4, 0.5) is 13.2 Å². The summed E-state index contributed by atoms with van der Waals surface area (Å²) in [6.07, 6.45) is 0. The summed E-state index contributed by atoms with van der Waals surface area (Å²) in [7, 11) is 1.54. The van der Waals surface area contributed by atoms with E-state index in [0.717, 1.165) is 23.8 Å². The third-order valence-electron chi connectivity index (χ3n) is 4.61. The number of thiophene rings is 1. The standard InChI is InChI=1S/C23H17F3O3S/c1-23(25,26)19-11-13(24)3-9-17(19)22-21(29-15-6-4-14(27)5-7-15)18-10-8-16(28-2)12-20(18)30-22/h3-12,27H,1-2H3. The van der Waals surface area contributed by atoms with Crippen molar-refractivity contribution in [1.82, 2.24) is 0 Å². The highest BCUT2D eigenvalue weighted by atomic mass is 32.1. The second kappa shape index (κ2) is 7.57. The van der Waals surface area contributed by atoms with Crippen LogP contribution in [0.1, 0.15) is 12.5 Å². The van der Waals surface area contributed by atoms with E-state index in [1.165, 1.54) is 29.5 Å². The molecule has 3 nitrogen and oxygen atoms in total. The minimum atomic E-state index is -3.25. The fourth-order valence-corrected chi connectivity index (χ4v) is 4.37. The highest BCUT2D eigenvalue weighted by molar-refractivity contribution is 7.22. The first kappa shape index (κ1) is 20.1. The summed E-state index contributed by atoms with van der Waals surface area (Å²) in [5.41, 5.74) is -0.227. The first-order valence-electron chi connectivity index (χ1n) is 9.02. The molecule has 0 saturated heterocycles. The van der Waals surface area contributed by atoms with Crippen LogP contribution in [-0.2, 0) is 5.92 Å². The number of alkyl halides is 2. The number of rotatable bonds is 5. The summed E-state index contributed by atoms with van der Waals surface area (Å²) in [5, 5.41) is 10.2. The monoisotopic (exact) mass is 430 g/mol. The van der Waals surface area contributed by atoms with Crippen LogP contribution in [0.25, 0.3) is 20.5 Å². The van der Waals surface area contributed by atoms with Gasteiger partial charge in [-0.3, -0.25) is 0 Å². The molecule has 0 aliphatic rings. The lowest BCUT2D eigenvalue weighted by Crippen LogP contribution is -2.09. The van der Waals surface area contributed by atoms with Crippen LogP contribution in [0.5, 0.6) is 23.0 Å². The van der Waals surface area contributed by atoms with Crippen molar-refractivity contribution in [3.05, 3.63) is 72.0 Å². The van der Waals surface area contributed by atoms with Gasteiger partial charge in [-0.15, -0.1) is 11.3 Å². The molecule has 0 unspecified atom stereocenters. The van der Waals surface area contributed by atoms with Crippen molar-refractivity contribution >= 4 is 21.4 Å². The maximum Gasteiger partial charge on any atom is 0.271 e. The topological polar surface area (TPSA) is 38.7 Å². The molecule has 3 aromatic carbocycles. The molecule has 1 heterocycles.